The highest BCUT2D eigenvalue weighted by Crippen LogP contribution is 2.30. The molecule has 0 amide bonds. The highest BCUT2D eigenvalue weighted by Gasteiger charge is 2.31. The van der Waals surface area contributed by atoms with Crippen LogP contribution in [0.1, 0.15) is 17.2 Å². The van der Waals surface area contributed by atoms with Crippen molar-refractivity contribution in [3.63, 3.8) is 0 Å². The van der Waals surface area contributed by atoms with Gasteiger partial charge in [-0.05, 0) is 24.7 Å². The van der Waals surface area contributed by atoms with Gasteiger partial charge >= 0.3 is 12.1 Å². The first kappa shape index (κ1) is 12.5. The van der Waals surface area contributed by atoms with Gasteiger partial charge in [-0.15, -0.1) is 0 Å². The monoisotopic (exact) mass is 233 g/mol. The van der Waals surface area contributed by atoms with Crippen molar-refractivity contribution in [1.29, 1.82) is 0 Å². The molecule has 2 N–H and O–H groups in total. The predicted molar refractivity (Wildman–Crippen MR) is 50.9 cm³/mol. The average molecular weight is 233 g/mol. The molecule has 0 aromatic heterocycles. The number of halogens is 3. The summed E-state index contributed by atoms with van der Waals surface area (Å²) in [6.07, 6.45) is -4.47. The largest absolute Gasteiger partial charge is 0.480 e. The third-order valence-electron chi connectivity index (χ3n) is 2.08. The van der Waals surface area contributed by atoms with Gasteiger partial charge in [0.15, 0.2) is 0 Å². The Labute approximate surface area is 89.9 Å². The first-order chi connectivity index (χ1) is 7.36. The van der Waals surface area contributed by atoms with Crippen LogP contribution in [-0.4, -0.2) is 18.1 Å². The number of carbonyl (C=O) groups is 1. The van der Waals surface area contributed by atoms with Crippen LogP contribution in [0.5, 0.6) is 0 Å². The molecule has 16 heavy (non-hydrogen) atoms. The molecule has 0 aliphatic carbocycles. The van der Waals surface area contributed by atoms with E-state index in [2.05, 4.69) is 5.32 Å². The number of hydrogen-bond donors (Lipinski definition) is 2. The Bertz CT molecular complexity index is 390. The molecule has 1 rings (SSSR count). The molecule has 0 heterocycles. The third-order valence-corrected chi connectivity index (χ3v) is 2.08. The van der Waals surface area contributed by atoms with E-state index in [9.17, 15) is 18.0 Å². The number of rotatable bonds is 3. The van der Waals surface area contributed by atoms with Crippen molar-refractivity contribution < 1.29 is 23.1 Å². The van der Waals surface area contributed by atoms with Crippen LogP contribution in [0.25, 0.3) is 0 Å². The van der Waals surface area contributed by atoms with E-state index < -0.39 is 23.8 Å². The van der Waals surface area contributed by atoms with Crippen molar-refractivity contribution in [2.75, 3.05) is 7.05 Å². The van der Waals surface area contributed by atoms with Crippen molar-refractivity contribution >= 4 is 5.97 Å². The fourth-order valence-corrected chi connectivity index (χ4v) is 1.33. The molecule has 3 nitrogen and oxygen atoms in total. The molecule has 0 spiro atoms. The van der Waals surface area contributed by atoms with Crippen LogP contribution in [0.3, 0.4) is 0 Å². The molecular weight excluding hydrogens is 223 g/mol. The van der Waals surface area contributed by atoms with Crippen molar-refractivity contribution in [1.82, 2.24) is 5.32 Å². The second kappa shape index (κ2) is 4.52. The number of aliphatic carboxylic acids is 1. The van der Waals surface area contributed by atoms with Crippen LogP contribution in [0.4, 0.5) is 13.2 Å². The van der Waals surface area contributed by atoms with Gasteiger partial charge in [0.2, 0.25) is 0 Å². The molecule has 0 fully saturated rings. The zero-order chi connectivity index (χ0) is 12.3. The normalized spacial score (nSPS) is 13.5. The molecule has 1 atom stereocenters. The molecule has 0 unspecified atom stereocenters. The molecule has 0 aliphatic heterocycles. The molecule has 0 aliphatic rings. The number of benzene rings is 1. The minimum atomic E-state index is -4.47. The van der Waals surface area contributed by atoms with Gasteiger partial charge in [0.25, 0.3) is 0 Å². The fraction of sp³-hybridized carbons (Fsp3) is 0.300. The minimum Gasteiger partial charge on any atom is -0.480 e. The summed E-state index contributed by atoms with van der Waals surface area (Å²) in [5, 5.41) is 11.2. The van der Waals surface area contributed by atoms with E-state index in [0.717, 1.165) is 12.1 Å². The molecule has 0 saturated heterocycles. The summed E-state index contributed by atoms with van der Waals surface area (Å²) in [5.74, 6) is -1.22. The molecule has 0 radical (unpaired) electrons. The van der Waals surface area contributed by atoms with Crippen molar-refractivity contribution in [3.05, 3.63) is 35.4 Å². The van der Waals surface area contributed by atoms with E-state index in [4.69, 9.17) is 5.11 Å². The Hall–Kier alpha value is -1.56. The maximum Gasteiger partial charge on any atom is 0.416 e. The quantitative estimate of drug-likeness (QED) is 0.840. The Balaban J connectivity index is 3.11. The van der Waals surface area contributed by atoms with E-state index in [1.807, 2.05) is 0 Å². The minimum absolute atomic E-state index is 0.0739. The topological polar surface area (TPSA) is 49.3 Å². The zero-order valence-corrected chi connectivity index (χ0v) is 8.38. The number of likely N-dealkylation sites (N-methyl/N-ethyl adjacent to an activating group) is 1. The van der Waals surface area contributed by atoms with Gasteiger partial charge in [0, 0.05) is 0 Å². The van der Waals surface area contributed by atoms with E-state index in [1.54, 1.807) is 0 Å². The number of hydrogen-bond acceptors (Lipinski definition) is 2. The van der Waals surface area contributed by atoms with Gasteiger partial charge in [-0.3, -0.25) is 4.79 Å². The Morgan fingerprint density at radius 3 is 2.50 bits per heavy atom. The number of nitrogens with one attached hydrogen (secondary N) is 1. The predicted octanol–water partition coefficient (Wildman–Crippen LogP) is 2.05. The summed E-state index contributed by atoms with van der Waals surface area (Å²) in [5.41, 5.74) is -0.781. The second-order valence-electron chi connectivity index (χ2n) is 3.18. The molecule has 1 aromatic carbocycles. The number of alkyl halides is 3. The highest BCUT2D eigenvalue weighted by molar-refractivity contribution is 5.75. The fourth-order valence-electron chi connectivity index (χ4n) is 1.33. The molecular formula is C10H10F3NO2. The smallest absolute Gasteiger partial charge is 0.416 e. The van der Waals surface area contributed by atoms with E-state index >= 15 is 0 Å². The van der Waals surface area contributed by atoms with Crippen LogP contribution in [0.2, 0.25) is 0 Å². The molecule has 6 heteroatoms. The maximum atomic E-state index is 12.4. The summed E-state index contributed by atoms with van der Waals surface area (Å²) >= 11 is 0. The number of carboxylic acids is 1. The second-order valence-corrected chi connectivity index (χ2v) is 3.18. The Morgan fingerprint density at radius 2 is 2.06 bits per heavy atom. The van der Waals surface area contributed by atoms with Crippen molar-refractivity contribution in [2.24, 2.45) is 0 Å². The lowest BCUT2D eigenvalue weighted by Gasteiger charge is -2.13. The zero-order valence-electron chi connectivity index (χ0n) is 8.38. The summed E-state index contributed by atoms with van der Waals surface area (Å²) in [6, 6.07) is 3.12. The average Bonchev–Trinajstić information content (AvgIpc) is 2.17. The van der Waals surface area contributed by atoms with Crippen LogP contribution in [0, 0.1) is 0 Å². The van der Waals surface area contributed by atoms with Gasteiger partial charge in [-0.1, -0.05) is 12.1 Å². The van der Waals surface area contributed by atoms with Crippen LogP contribution in [-0.2, 0) is 11.0 Å². The SMILES string of the molecule is CN[C@H](C(=O)O)c1cccc(C(F)(F)F)c1. The standard InChI is InChI=1S/C10H10F3NO2/c1-14-8(9(15)16)6-3-2-4-7(5-6)10(11,12)13/h2-5,8,14H,1H3,(H,15,16)/t8-/m0/s1. The van der Waals surface area contributed by atoms with Crippen molar-refractivity contribution in [2.45, 2.75) is 12.2 Å². The Kier molecular flexibility index (Phi) is 3.54. The van der Waals surface area contributed by atoms with Gasteiger partial charge in [0.1, 0.15) is 6.04 Å². The third kappa shape index (κ3) is 2.73. The highest BCUT2D eigenvalue weighted by atomic mass is 19.4. The first-order valence-corrected chi connectivity index (χ1v) is 4.43. The molecule has 1 aromatic rings. The van der Waals surface area contributed by atoms with E-state index in [1.165, 1.54) is 19.2 Å². The van der Waals surface area contributed by atoms with Gasteiger partial charge < -0.3 is 10.4 Å². The number of carboxylic acid groups (broad SMARTS) is 1. The summed E-state index contributed by atoms with van der Waals surface area (Å²) in [6.45, 7) is 0. The van der Waals surface area contributed by atoms with E-state index in [0.29, 0.717) is 0 Å². The van der Waals surface area contributed by atoms with Crippen LogP contribution < -0.4 is 5.32 Å². The van der Waals surface area contributed by atoms with E-state index in [-0.39, 0.29) is 5.56 Å². The molecule has 88 valence electrons. The lowest BCUT2D eigenvalue weighted by atomic mass is 10.0. The van der Waals surface area contributed by atoms with Gasteiger partial charge in [-0.25, -0.2) is 0 Å². The summed E-state index contributed by atoms with van der Waals surface area (Å²) < 4.78 is 37.1. The van der Waals surface area contributed by atoms with Crippen LogP contribution >= 0.6 is 0 Å². The van der Waals surface area contributed by atoms with Crippen LogP contribution in [0.15, 0.2) is 24.3 Å². The lowest BCUT2D eigenvalue weighted by molar-refractivity contribution is -0.140. The van der Waals surface area contributed by atoms with Gasteiger partial charge in [0.05, 0.1) is 5.56 Å². The Morgan fingerprint density at radius 1 is 1.44 bits per heavy atom. The molecule has 0 bridgehead atoms. The maximum absolute atomic E-state index is 12.4. The lowest BCUT2D eigenvalue weighted by Crippen LogP contribution is -2.25. The van der Waals surface area contributed by atoms with Crippen molar-refractivity contribution in [3.8, 4) is 0 Å². The summed E-state index contributed by atoms with van der Waals surface area (Å²) in [4.78, 5) is 10.7. The first-order valence-electron chi connectivity index (χ1n) is 4.43. The summed E-state index contributed by atoms with van der Waals surface area (Å²) in [7, 11) is 1.37. The molecule has 0 saturated carbocycles. The van der Waals surface area contributed by atoms with Gasteiger partial charge in [-0.2, -0.15) is 13.2 Å².